The van der Waals surface area contributed by atoms with E-state index in [2.05, 4.69) is 6.92 Å². The zero-order valence-electron chi connectivity index (χ0n) is 18.2. The Hall–Kier alpha value is 0.0300. The highest BCUT2D eigenvalue weighted by Gasteiger charge is 2.24. The summed E-state index contributed by atoms with van der Waals surface area (Å²) in [5.74, 6) is -0.110. The maximum Gasteiger partial charge on any atom is 0.472 e. The summed E-state index contributed by atoms with van der Waals surface area (Å²) >= 11 is 0. The van der Waals surface area contributed by atoms with Gasteiger partial charge in [0.15, 0.2) is 0 Å². The fourth-order valence-electron chi connectivity index (χ4n) is 2.81. The van der Waals surface area contributed by atoms with E-state index in [9.17, 15) is 14.6 Å². The van der Waals surface area contributed by atoms with Gasteiger partial charge >= 0.3 is 7.82 Å². The summed E-state index contributed by atoms with van der Waals surface area (Å²) in [6, 6.07) is 0. The Bertz CT molecular complexity index is 387. The lowest BCUT2D eigenvalue weighted by Gasteiger charge is -2.24. The molecule has 0 aliphatic carbocycles. The minimum absolute atomic E-state index is 0.0314. The SMILES string of the molecule is CCCCCCCCCCCCC(CO)COP(=O)(O)OCC[N+](C)(C)C. The van der Waals surface area contributed by atoms with E-state index in [0.29, 0.717) is 11.0 Å². The molecule has 2 atom stereocenters. The molecule has 0 aromatic heterocycles. The lowest BCUT2D eigenvalue weighted by atomic mass is 10.0. The van der Waals surface area contributed by atoms with Crippen LogP contribution in [0.2, 0.25) is 0 Å². The molecule has 0 rings (SSSR count). The average molecular weight is 411 g/mol. The molecule has 0 saturated carbocycles. The van der Waals surface area contributed by atoms with E-state index in [4.69, 9.17) is 9.05 Å². The van der Waals surface area contributed by atoms with Gasteiger partial charge in [0.05, 0.1) is 27.7 Å². The number of quaternary nitrogens is 1. The summed E-state index contributed by atoms with van der Waals surface area (Å²) in [6.07, 6.45) is 13.5. The maximum atomic E-state index is 11.9. The van der Waals surface area contributed by atoms with Crippen molar-refractivity contribution in [3.8, 4) is 0 Å². The van der Waals surface area contributed by atoms with Crippen LogP contribution in [0.4, 0.5) is 0 Å². The van der Waals surface area contributed by atoms with Crippen molar-refractivity contribution >= 4 is 7.82 Å². The average Bonchev–Trinajstić information content (AvgIpc) is 2.57. The van der Waals surface area contributed by atoms with Gasteiger partial charge < -0.3 is 14.5 Å². The van der Waals surface area contributed by atoms with E-state index in [1.165, 1.54) is 51.4 Å². The van der Waals surface area contributed by atoms with Crippen LogP contribution in [-0.2, 0) is 13.6 Å². The molecule has 0 spiro atoms. The summed E-state index contributed by atoms with van der Waals surface area (Å²) < 4.78 is 22.6. The first kappa shape index (κ1) is 27.0. The first-order valence-corrected chi connectivity index (χ1v) is 12.2. The van der Waals surface area contributed by atoms with E-state index in [1.54, 1.807) is 0 Å². The van der Waals surface area contributed by atoms with Crippen LogP contribution in [0.15, 0.2) is 0 Å². The number of aliphatic hydroxyl groups excluding tert-OH is 1. The maximum absolute atomic E-state index is 11.9. The van der Waals surface area contributed by atoms with Gasteiger partial charge in [0.1, 0.15) is 13.2 Å². The van der Waals surface area contributed by atoms with Crippen LogP contribution >= 0.6 is 7.82 Å². The molecular formula is C20H45NO5P+. The first-order valence-electron chi connectivity index (χ1n) is 10.7. The molecule has 27 heavy (non-hydrogen) atoms. The van der Waals surface area contributed by atoms with Crippen LogP contribution in [0.1, 0.15) is 77.6 Å². The van der Waals surface area contributed by atoms with Gasteiger partial charge in [-0.15, -0.1) is 0 Å². The third-order valence-corrected chi connectivity index (χ3v) is 5.70. The molecule has 6 nitrogen and oxygen atoms in total. The monoisotopic (exact) mass is 410 g/mol. The molecule has 0 radical (unpaired) electrons. The lowest BCUT2D eigenvalue weighted by molar-refractivity contribution is -0.870. The summed E-state index contributed by atoms with van der Waals surface area (Å²) in [5.41, 5.74) is 0. The Kier molecular flexibility index (Phi) is 15.9. The molecule has 0 fully saturated rings. The van der Waals surface area contributed by atoms with Crippen molar-refractivity contribution in [2.45, 2.75) is 77.6 Å². The molecule has 0 aliphatic heterocycles. The van der Waals surface area contributed by atoms with Crippen LogP contribution in [0.5, 0.6) is 0 Å². The second-order valence-corrected chi connectivity index (χ2v) is 10.1. The number of hydrogen-bond acceptors (Lipinski definition) is 4. The highest BCUT2D eigenvalue weighted by atomic mass is 31.2. The van der Waals surface area contributed by atoms with Gasteiger partial charge in [0.25, 0.3) is 0 Å². The van der Waals surface area contributed by atoms with Crippen molar-refractivity contribution in [2.24, 2.45) is 5.92 Å². The molecule has 0 heterocycles. The van der Waals surface area contributed by atoms with Gasteiger partial charge in [0.2, 0.25) is 0 Å². The Morgan fingerprint density at radius 3 is 1.89 bits per heavy atom. The number of rotatable bonds is 19. The molecule has 2 unspecified atom stereocenters. The van der Waals surface area contributed by atoms with Gasteiger partial charge in [-0.25, -0.2) is 4.57 Å². The second kappa shape index (κ2) is 15.9. The molecule has 0 aromatic rings. The van der Waals surface area contributed by atoms with E-state index < -0.39 is 7.82 Å². The fraction of sp³-hybridized carbons (Fsp3) is 1.00. The highest BCUT2D eigenvalue weighted by Crippen LogP contribution is 2.43. The molecule has 0 amide bonds. The van der Waals surface area contributed by atoms with Gasteiger partial charge in [0, 0.05) is 12.5 Å². The Labute approximate surface area is 167 Å². The number of phosphoric acid groups is 1. The van der Waals surface area contributed by atoms with Crippen LogP contribution in [-0.4, -0.2) is 62.0 Å². The number of likely N-dealkylation sites (N-methyl/N-ethyl adjacent to an activating group) is 1. The number of aliphatic hydroxyl groups is 1. The normalized spacial score (nSPS) is 15.6. The minimum Gasteiger partial charge on any atom is -0.396 e. The summed E-state index contributed by atoms with van der Waals surface area (Å²) in [6.45, 7) is 3.06. The number of nitrogens with zero attached hydrogens (tertiary/aromatic N) is 1. The van der Waals surface area contributed by atoms with Crippen molar-refractivity contribution in [2.75, 3.05) is 47.5 Å². The zero-order chi connectivity index (χ0) is 20.6. The van der Waals surface area contributed by atoms with Gasteiger partial charge in [-0.1, -0.05) is 71.1 Å². The van der Waals surface area contributed by atoms with E-state index >= 15 is 0 Å². The summed E-state index contributed by atoms with van der Waals surface area (Å²) in [5, 5.41) is 9.45. The topological polar surface area (TPSA) is 76.0 Å². The standard InChI is InChI=1S/C20H44NO5P/c1-5-6-7-8-9-10-11-12-13-14-15-20(18-22)19-26-27(23,24)25-17-16-21(2,3)4/h20,22H,5-19H2,1-4H3/p+1. The molecule has 7 heteroatoms. The summed E-state index contributed by atoms with van der Waals surface area (Å²) in [4.78, 5) is 9.72. The third-order valence-electron chi connectivity index (χ3n) is 4.71. The van der Waals surface area contributed by atoms with E-state index in [-0.39, 0.29) is 25.7 Å². The van der Waals surface area contributed by atoms with Crippen molar-refractivity contribution in [3.05, 3.63) is 0 Å². The van der Waals surface area contributed by atoms with Crippen molar-refractivity contribution in [1.29, 1.82) is 0 Å². The molecule has 164 valence electrons. The van der Waals surface area contributed by atoms with Gasteiger partial charge in [-0.2, -0.15) is 0 Å². The van der Waals surface area contributed by atoms with Crippen molar-refractivity contribution < 1.29 is 28.1 Å². The van der Waals surface area contributed by atoms with Crippen molar-refractivity contribution in [1.82, 2.24) is 0 Å². The van der Waals surface area contributed by atoms with Crippen LogP contribution in [0.25, 0.3) is 0 Å². The van der Waals surface area contributed by atoms with Gasteiger partial charge in [-0.3, -0.25) is 9.05 Å². The molecule has 0 aromatic carbocycles. The summed E-state index contributed by atoms with van der Waals surface area (Å²) in [7, 11) is 1.93. The smallest absolute Gasteiger partial charge is 0.396 e. The predicted octanol–water partition coefficient (Wildman–Crippen LogP) is 4.75. The fourth-order valence-corrected chi connectivity index (χ4v) is 3.60. The molecular weight excluding hydrogens is 365 g/mol. The molecule has 0 saturated heterocycles. The predicted molar refractivity (Wildman–Crippen MR) is 112 cm³/mol. The van der Waals surface area contributed by atoms with Crippen LogP contribution in [0, 0.1) is 5.92 Å². The Morgan fingerprint density at radius 2 is 1.41 bits per heavy atom. The minimum atomic E-state index is -4.03. The van der Waals surface area contributed by atoms with Crippen LogP contribution < -0.4 is 0 Å². The number of phosphoric ester groups is 1. The Morgan fingerprint density at radius 1 is 0.889 bits per heavy atom. The molecule has 2 N–H and O–H groups in total. The van der Waals surface area contributed by atoms with Crippen molar-refractivity contribution in [3.63, 3.8) is 0 Å². The second-order valence-electron chi connectivity index (χ2n) is 8.63. The zero-order valence-corrected chi connectivity index (χ0v) is 19.1. The molecule has 0 aliphatic rings. The Balaban J connectivity index is 3.72. The number of hydrogen-bond donors (Lipinski definition) is 2. The van der Waals surface area contributed by atoms with Crippen LogP contribution in [0.3, 0.4) is 0 Å². The van der Waals surface area contributed by atoms with E-state index in [0.717, 1.165) is 19.3 Å². The quantitative estimate of drug-likeness (QED) is 0.183. The largest absolute Gasteiger partial charge is 0.472 e. The third kappa shape index (κ3) is 19.1. The highest BCUT2D eigenvalue weighted by molar-refractivity contribution is 7.47. The molecule has 0 bridgehead atoms. The first-order chi connectivity index (χ1) is 12.7. The lowest BCUT2D eigenvalue weighted by Crippen LogP contribution is -2.37. The van der Waals surface area contributed by atoms with Gasteiger partial charge in [-0.05, 0) is 6.42 Å². The number of unbranched alkanes of at least 4 members (excludes halogenated alkanes) is 9. The van der Waals surface area contributed by atoms with E-state index in [1.807, 2.05) is 21.1 Å².